The molecular weight excluding hydrogens is 269 g/mol. The van der Waals surface area contributed by atoms with Crippen molar-refractivity contribution in [3.63, 3.8) is 0 Å². The molecule has 0 saturated heterocycles. The maximum Gasteiger partial charge on any atom is 0.200 e. The first-order valence-corrected chi connectivity index (χ1v) is 5.63. The van der Waals surface area contributed by atoms with Gasteiger partial charge in [0.1, 0.15) is 5.69 Å². The Morgan fingerprint density at radius 1 is 0.947 bits per heavy atom. The molecule has 1 unspecified atom stereocenters. The Bertz CT molecular complexity index is 445. The second-order valence-electron chi connectivity index (χ2n) is 4.62. The molecule has 0 fully saturated rings. The van der Waals surface area contributed by atoms with E-state index in [1.807, 2.05) is 0 Å². The molecular formula is C12H14F5NO. The van der Waals surface area contributed by atoms with E-state index in [1.54, 1.807) is 13.8 Å². The van der Waals surface area contributed by atoms with Crippen LogP contribution in [-0.2, 0) is 0 Å². The van der Waals surface area contributed by atoms with Crippen LogP contribution in [0, 0.1) is 34.5 Å². The van der Waals surface area contributed by atoms with E-state index in [0.717, 1.165) is 0 Å². The minimum absolute atomic E-state index is 0.127. The minimum Gasteiger partial charge on any atom is -0.396 e. The van der Waals surface area contributed by atoms with Gasteiger partial charge >= 0.3 is 0 Å². The van der Waals surface area contributed by atoms with Crippen molar-refractivity contribution < 1.29 is 27.1 Å². The van der Waals surface area contributed by atoms with Gasteiger partial charge in [-0.25, -0.2) is 22.0 Å². The summed E-state index contributed by atoms with van der Waals surface area (Å²) in [6, 6.07) is 0. The van der Waals surface area contributed by atoms with Gasteiger partial charge in [-0.2, -0.15) is 0 Å². The second kappa shape index (κ2) is 5.73. The summed E-state index contributed by atoms with van der Waals surface area (Å²) in [6.07, 6.45) is 0.464. The normalized spacial score (nSPS) is 14.3. The van der Waals surface area contributed by atoms with Gasteiger partial charge in [0.2, 0.25) is 5.82 Å². The van der Waals surface area contributed by atoms with Gasteiger partial charge < -0.3 is 10.4 Å². The molecule has 19 heavy (non-hydrogen) atoms. The molecule has 2 N–H and O–H groups in total. The zero-order chi connectivity index (χ0) is 14.8. The van der Waals surface area contributed by atoms with E-state index in [0.29, 0.717) is 6.42 Å². The molecule has 0 bridgehead atoms. The number of halogens is 5. The quantitative estimate of drug-likeness (QED) is 0.494. The Hall–Kier alpha value is -1.37. The lowest BCUT2D eigenvalue weighted by atomic mass is 9.88. The molecule has 0 radical (unpaired) electrons. The number of nitrogens with one attached hydrogen (secondary N) is 1. The molecule has 108 valence electrons. The van der Waals surface area contributed by atoms with Crippen LogP contribution in [0.2, 0.25) is 0 Å². The summed E-state index contributed by atoms with van der Waals surface area (Å²) in [5, 5.41) is 11.3. The Labute approximate surface area is 107 Å². The Morgan fingerprint density at radius 3 is 1.74 bits per heavy atom. The van der Waals surface area contributed by atoms with Gasteiger partial charge in [0, 0.05) is 12.0 Å². The molecule has 1 atom stereocenters. The number of benzene rings is 1. The van der Waals surface area contributed by atoms with Crippen LogP contribution in [0.5, 0.6) is 0 Å². The van der Waals surface area contributed by atoms with Crippen LogP contribution < -0.4 is 5.32 Å². The van der Waals surface area contributed by atoms with E-state index in [4.69, 9.17) is 5.11 Å². The highest BCUT2D eigenvalue weighted by molar-refractivity contribution is 5.47. The van der Waals surface area contributed by atoms with Crippen molar-refractivity contribution in [2.75, 3.05) is 18.5 Å². The Morgan fingerprint density at radius 2 is 1.37 bits per heavy atom. The highest BCUT2D eigenvalue weighted by Gasteiger charge is 2.28. The van der Waals surface area contributed by atoms with E-state index in [9.17, 15) is 22.0 Å². The average Bonchev–Trinajstić information content (AvgIpc) is 2.42. The molecule has 7 heteroatoms. The lowest BCUT2D eigenvalue weighted by molar-refractivity contribution is 0.149. The van der Waals surface area contributed by atoms with Crippen LogP contribution in [0.4, 0.5) is 27.6 Å². The largest absolute Gasteiger partial charge is 0.396 e. The molecule has 0 heterocycles. The number of anilines is 1. The van der Waals surface area contributed by atoms with E-state index < -0.39 is 40.2 Å². The zero-order valence-electron chi connectivity index (χ0n) is 10.5. The fourth-order valence-electron chi connectivity index (χ4n) is 1.35. The third-order valence-electron chi connectivity index (χ3n) is 3.14. The van der Waals surface area contributed by atoms with Crippen molar-refractivity contribution in [1.82, 2.24) is 0 Å². The molecule has 0 aliphatic rings. The molecule has 0 spiro atoms. The number of aliphatic hydroxyl groups is 1. The Balaban J connectivity index is 3.09. The van der Waals surface area contributed by atoms with Crippen LogP contribution in [0.3, 0.4) is 0 Å². The predicted molar refractivity (Wildman–Crippen MR) is 60.2 cm³/mol. The predicted octanol–water partition coefficient (Wildman–Crippen LogP) is 3.20. The lowest BCUT2D eigenvalue weighted by Gasteiger charge is -2.26. The summed E-state index contributed by atoms with van der Waals surface area (Å²) in [4.78, 5) is 0. The SMILES string of the molecule is CCC(C)(CO)CNc1c(F)c(F)c(F)c(F)c1F. The molecule has 1 aromatic carbocycles. The lowest BCUT2D eigenvalue weighted by Crippen LogP contribution is -2.30. The van der Waals surface area contributed by atoms with Gasteiger partial charge in [0.05, 0.1) is 6.61 Å². The van der Waals surface area contributed by atoms with Crippen LogP contribution >= 0.6 is 0 Å². The van der Waals surface area contributed by atoms with Crippen molar-refractivity contribution in [3.05, 3.63) is 29.1 Å². The van der Waals surface area contributed by atoms with Gasteiger partial charge in [-0.05, 0) is 6.42 Å². The topological polar surface area (TPSA) is 32.3 Å². The van der Waals surface area contributed by atoms with Gasteiger partial charge in [-0.1, -0.05) is 13.8 Å². The summed E-state index contributed by atoms with van der Waals surface area (Å²) < 4.78 is 65.4. The number of hydrogen-bond donors (Lipinski definition) is 2. The number of aliphatic hydroxyl groups excluding tert-OH is 1. The van der Waals surface area contributed by atoms with Crippen molar-refractivity contribution in [3.8, 4) is 0 Å². The van der Waals surface area contributed by atoms with E-state index in [-0.39, 0.29) is 13.2 Å². The van der Waals surface area contributed by atoms with Gasteiger partial charge in [0.25, 0.3) is 0 Å². The van der Waals surface area contributed by atoms with E-state index >= 15 is 0 Å². The molecule has 0 aliphatic carbocycles. The molecule has 2 nitrogen and oxygen atoms in total. The maximum absolute atomic E-state index is 13.3. The standard InChI is InChI=1S/C12H14F5NO/c1-3-12(2,5-19)4-18-11-9(16)7(14)6(13)8(15)10(11)17/h18-19H,3-5H2,1-2H3. The van der Waals surface area contributed by atoms with Gasteiger partial charge in [-0.15, -0.1) is 0 Å². The molecule has 0 aromatic heterocycles. The van der Waals surface area contributed by atoms with Gasteiger partial charge in [0.15, 0.2) is 23.3 Å². The first-order valence-electron chi connectivity index (χ1n) is 5.63. The van der Waals surface area contributed by atoms with Crippen LogP contribution in [0.15, 0.2) is 0 Å². The summed E-state index contributed by atoms with van der Waals surface area (Å²) >= 11 is 0. The molecule has 0 aliphatic heterocycles. The molecule has 1 aromatic rings. The highest BCUT2D eigenvalue weighted by Crippen LogP contribution is 2.29. The summed E-state index contributed by atoms with van der Waals surface area (Å²) in [7, 11) is 0. The molecule has 0 saturated carbocycles. The zero-order valence-corrected chi connectivity index (χ0v) is 10.5. The monoisotopic (exact) mass is 283 g/mol. The van der Waals surface area contributed by atoms with Crippen molar-refractivity contribution in [2.24, 2.45) is 5.41 Å². The minimum atomic E-state index is -2.19. The van der Waals surface area contributed by atoms with E-state index in [1.165, 1.54) is 0 Å². The third kappa shape index (κ3) is 2.97. The first kappa shape index (κ1) is 15.7. The first-order chi connectivity index (χ1) is 8.77. The van der Waals surface area contributed by atoms with Crippen molar-refractivity contribution in [1.29, 1.82) is 0 Å². The third-order valence-corrected chi connectivity index (χ3v) is 3.14. The number of hydrogen-bond acceptors (Lipinski definition) is 2. The van der Waals surface area contributed by atoms with Crippen LogP contribution in [0.25, 0.3) is 0 Å². The fourth-order valence-corrected chi connectivity index (χ4v) is 1.35. The second-order valence-corrected chi connectivity index (χ2v) is 4.62. The average molecular weight is 283 g/mol. The van der Waals surface area contributed by atoms with Crippen molar-refractivity contribution in [2.45, 2.75) is 20.3 Å². The summed E-state index contributed by atoms with van der Waals surface area (Å²) in [5.41, 5.74) is -1.80. The maximum atomic E-state index is 13.3. The van der Waals surface area contributed by atoms with Crippen LogP contribution in [0.1, 0.15) is 20.3 Å². The highest BCUT2D eigenvalue weighted by atomic mass is 19.2. The number of rotatable bonds is 5. The molecule has 0 amide bonds. The smallest absolute Gasteiger partial charge is 0.200 e. The Kier molecular flexibility index (Phi) is 4.73. The van der Waals surface area contributed by atoms with Gasteiger partial charge in [-0.3, -0.25) is 0 Å². The van der Waals surface area contributed by atoms with Crippen LogP contribution in [-0.4, -0.2) is 18.3 Å². The van der Waals surface area contributed by atoms with Crippen molar-refractivity contribution >= 4 is 5.69 Å². The van der Waals surface area contributed by atoms with E-state index in [2.05, 4.69) is 5.32 Å². The summed E-state index contributed by atoms with van der Waals surface area (Å²) in [6.45, 7) is 2.94. The fraction of sp³-hybridized carbons (Fsp3) is 0.500. The molecule has 1 rings (SSSR count). The summed E-state index contributed by atoms with van der Waals surface area (Å²) in [5.74, 6) is -10.0.